The van der Waals surface area contributed by atoms with Crippen molar-refractivity contribution in [3.63, 3.8) is 0 Å². The van der Waals surface area contributed by atoms with Crippen LogP contribution in [-0.2, 0) is 7.05 Å². The number of halogens is 2. The van der Waals surface area contributed by atoms with Gasteiger partial charge in [-0.15, -0.1) is 5.10 Å². The molecule has 0 fully saturated rings. The summed E-state index contributed by atoms with van der Waals surface area (Å²) in [5.41, 5.74) is 5.90. The van der Waals surface area contributed by atoms with Crippen LogP contribution in [0.1, 0.15) is 22.9 Å². The predicted octanol–water partition coefficient (Wildman–Crippen LogP) is 2.20. The first-order chi connectivity index (χ1) is 8.54. The maximum absolute atomic E-state index is 5.67. The van der Waals surface area contributed by atoms with Gasteiger partial charge in [0.2, 0.25) is 0 Å². The van der Waals surface area contributed by atoms with Gasteiger partial charge >= 0.3 is 0 Å². The van der Waals surface area contributed by atoms with E-state index in [4.69, 9.17) is 5.84 Å². The lowest BCUT2D eigenvalue weighted by molar-refractivity contribution is 0.569. The monoisotopic (exact) mass is 373 g/mol. The quantitative estimate of drug-likeness (QED) is 0.638. The lowest BCUT2D eigenvalue weighted by Gasteiger charge is -2.17. The average molecular weight is 375 g/mol. The number of nitrogens with two attached hydrogens (primary N) is 1. The molecule has 2 aromatic rings. The molecule has 1 aromatic carbocycles. The Labute approximate surface area is 122 Å². The molecular weight excluding hydrogens is 362 g/mol. The summed E-state index contributed by atoms with van der Waals surface area (Å²) in [6, 6.07) is 5.94. The molecule has 0 amide bonds. The van der Waals surface area contributed by atoms with Crippen LogP contribution in [-0.4, -0.2) is 15.0 Å². The van der Waals surface area contributed by atoms with Crippen molar-refractivity contribution in [3.8, 4) is 0 Å². The second-order valence-corrected chi connectivity index (χ2v) is 5.60. The van der Waals surface area contributed by atoms with E-state index in [0.717, 1.165) is 21.3 Å². The highest BCUT2D eigenvalue weighted by atomic mass is 79.9. The van der Waals surface area contributed by atoms with E-state index in [1.54, 1.807) is 4.68 Å². The number of hydrogen-bond acceptors (Lipinski definition) is 4. The van der Waals surface area contributed by atoms with Crippen molar-refractivity contribution in [2.24, 2.45) is 12.9 Å². The number of nitrogens with one attached hydrogen (secondary N) is 1. The summed E-state index contributed by atoms with van der Waals surface area (Å²) >= 11 is 6.88. The zero-order valence-corrected chi connectivity index (χ0v) is 13.2. The van der Waals surface area contributed by atoms with Gasteiger partial charge in [-0.3, -0.25) is 5.84 Å². The smallest absolute Gasteiger partial charge is 0.153 e. The zero-order chi connectivity index (χ0) is 13.3. The van der Waals surface area contributed by atoms with Crippen molar-refractivity contribution in [2.45, 2.75) is 13.0 Å². The van der Waals surface area contributed by atoms with Crippen LogP contribution in [0.2, 0.25) is 0 Å². The SMILES string of the molecule is Cc1cc(C(NN)c2c(Br)nnn2C)ccc1Br. The zero-order valence-electron chi connectivity index (χ0n) is 9.98. The van der Waals surface area contributed by atoms with Crippen molar-refractivity contribution < 1.29 is 0 Å². The van der Waals surface area contributed by atoms with Crippen LogP contribution in [0.15, 0.2) is 27.3 Å². The average Bonchev–Trinajstić information content (AvgIpc) is 2.66. The van der Waals surface area contributed by atoms with Crippen molar-refractivity contribution >= 4 is 31.9 Å². The molecule has 0 aliphatic heterocycles. The van der Waals surface area contributed by atoms with Gasteiger partial charge in [0.25, 0.3) is 0 Å². The van der Waals surface area contributed by atoms with Crippen LogP contribution < -0.4 is 11.3 Å². The fourth-order valence-electron chi connectivity index (χ4n) is 1.83. The fraction of sp³-hybridized carbons (Fsp3) is 0.273. The molecule has 7 heteroatoms. The number of benzene rings is 1. The summed E-state index contributed by atoms with van der Waals surface area (Å²) < 4.78 is 3.46. The number of hydrogen-bond donors (Lipinski definition) is 2. The standard InChI is InChI=1S/C11H13Br2N5/c1-6-5-7(3-4-8(6)12)9(15-14)10-11(13)16-17-18(10)2/h3-5,9,15H,14H2,1-2H3. The Bertz CT molecular complexity index is 547. The first-order valence-electron chi connectivity index (χ1n) is 5.32. The van der Waals surface area contributed by atoms with Crippen molar-refractivity contribution in [3.05, 3.63) is 44.1 Å². The van der Waals surface area contributed by atoms with Gasteiger partial charge in [-0.1, -0.05) is 33.3 Å². The molecule has 2 rings (SSSR count). The minimum Gasteiger partial charge on any atom is -0.271 e. The number of aryl methyl sites for hydroxylation is 2. The molecule has 0 saturated carbocycles. The highest BCUT2D eigenvalue weighted by Crippen LogP contribution is 2.28. The van der Waals surface area contributed by atoms with Crippen LogP contribution in [0.25, 0.3) is 0 Å². The number of nitrogens with zero attached hydrogens (tertiary/aromatic N) is 3. The third-order valence-electron chi connectivity index (χ3n) is 2.78. The number of hydrazine groups is 1. The minimum atomic E-state index is -0.161. The third-order valence-corrected chi connectivity index (χ3v) is 4.24. The van der Waals surface area contributed by atoms with E-state index in [9.17, 15) is 0 Å². The second-order valence-electron chi connectivity index (χ2n) is 4.00. The van der Waals surface area contributed by atoms with E-state index >= 15 is 0 Å². The summed E-state index contributed by atoms with van der Waals surface area (Å²) in [6.07, 6.45) is 0. The van der Waals surface area contributed by atoms with Crippen LogP contribution in [0.5, 0.6) is 0 Å². The summed E-state index contributed by atoms with van der Waals surface area (Å²) in [4.78, 5) is 0. The lowest BCUT2D eigenvalue weighted by atomic mass is 10.0. The molecule has 96 valence electrons. The third kappa shape index (κ3) is 2.49. The number of rotatable bonds is 3. The molecule has 0 radical (unpaired) electrons. The molecule has 1 heterocycles. The minimum absolute atomic E-state index is 0.161. The second kappa shape index (κ2) is 5.48. The Hall–Kier alpha value is -0.760. The van der Waals surface area contributed by atoms with Gasteiger partial charge in [0.15, 0.2) is 4.60 Å². The van der Waals surface area contributed by atoms with Crippen LogP contribution in [0.4, 0.5) is 0 Å². The lowest BCUT2D eigenvalue weighted by Crippen LogP contribution is -2.30. The molecule has 0 aliphatic rings. The van der Waals surface area contributed by atoms with E-state index in [2.05, 4.69) is 53.7 Å². The van der Waals surface area contributed by atoms with E-state index < -0.39 is 0 Å². The molecule has 0 spiro atoms. The van der Waals surface area contributed by atoms with E-state index in [0.29, 0.717) is 4.60 Å². The molecule has 5 nitrogen and oxygen atoms in total. The maximum Gasteiger partial charge on any atom is 0.153 e. The molecular formula is C11H13Br2N5. The first kappa shape index (κ1) is 13.7. The fourth-order valence-corrected chi connectivity index (χ4v) is 2.63. The predicted molar refractivity (Wildman–Crippen MR) is 76.7 cm³/mol. The van der Waals surface area contributed by atoms with Gasteiger partial charge in [-0.25, -0.2) is 10.1 Å². The van der Waals surface area contributed by atoms with Crippen LogP contribution in [0, 0.1) is 6.92 Å². The molecule has 18 heavy (non-hydrogen) atoms. The summed E-state index contributed by atoms with van der Waals surface area (Å²) in [5.74, 6) is 5.67. The van der Waals surface area contributed by atoms with Crippen molar-refractivity contribution in [1.82, 2.24) is 20.4 Å². The number of aromatic nitrogens is 3. The van der Waals surface area contributed by atoms with Crippen molar-refractivity contribution in [1.29, 1.82) is 0 Å². The molecule has 3 N–H and O–H groups in total. The van der Waals surface area contributed by atoms with Gasteiger partial charge in [0, 0.05) is 11.5 Å². The molecule has 0 bridgehead atoms. The van der Waals surface area contributed by atoms with E-state index in [-0.39, 0.29) is 6.04 Å². The summed E-state index contributed by atoms with van der Waals surface area (Å²) in [7, 11) is 1.84. The molecule has 1 unspecified atom stereocenters. The molecule has 1 atom stereocenters. The summed E-state index contributed by atoms with van der Waals surface area (Å²) in [5, 5.41) is 7.94. The molecule has 1 aromatic heterocycles. The van der Waals surface area contributed by atoms with Gasteiger partial charge in [-0.05, 0) is 40.0 Å². The van der Waals surface area contributed by atoms with Crippen LogP contribution >= 0.6 is 31.9 Å². The van der Waals surface area contributed by atoms with E-state index in [1.807, 2.05) is 26.1 Å². The van der Waals surface area contributed by atoms with Crippen molar-refractivity contribution in [2.75, 3.05) is 0 Å². The highest BCUT2D eigenvalue weighted by Gasteiger charge is 2.21. The topological polar surface area (TPSA) is 68.8 Å². The Morgan fingerprint density at radius 1 is 1.39 bits per heavy atom. The Morgan fingerprint density at radius 3 is 2.61 bits per heavy atom. The Balaban J connectivity index is 2.48. The summed E-state index contributed by atoms with van der Waals surface area (Å²) in [6.45, 7) is 2.04. The highest BCUT2D eigenvalue weighted by molar-refractivity contribution is 9.10. The first-order valence-corrected chi connectivity index (χ1v) is 6.90. The van der Waals surface area contributed by atoms with Crippen LogP contribution in [0.3, 0.4) is 0 Å². The maximum atomic E-state index is 5.67. The van der Waals surface area contributed by atoms with Gasteiger partial charge < -0.3 is 0 Å². The Kier molecular flexibility index (Phi) is 4.16. The largest absolute Gasteiger partial charge is 0.271 e. The molecule has 0 saturated heterocycles. The normalized spacial score (nSPS) is 12.7. The van der Waals surface area contributed by atoms with E-state index in [1.165, 1.54) is 0 Å². The Morgan fingerprint density at radius 2 is 2.11 bits per heavy atom. The van der Waals surface area contributed by atoms with Gasteiger partial charge in [0.05, 0.1) is 11.7 Å². The van der Waals surface area contributed by atoms with Gasteiger partial charge in [0.1, 0.15) is 0 Å². The molecule has 0 aliphatic carbocycles. The van der Waals surface area contributed by atoms with Gasteiger partial charge in [-0.2, -0.15) is 0 Å².